The first kappa shape index (κ1) is 19.2. The van der Waals surface area contributed by atoms with Crippen molar-refractivity contribution in [3.05, 3.63) is 64.7 Å². The predicted octanol–water partition coefficient (Wildman–Crippen LogP) is 3.18. The second kappa shape index (κ2) is 8.11. The smallest absolute Gasteiger partial charge is 0.240 e. The molecule has 2 N–H and O–H groups in total. The Morgan fingerprint density at radius 3 is 2.68 bits per heavy atom. The molecule has 1 atom stereocenters. The number of hydrogen-bond donors (Lipinski definition) is 1. The number of hydrogen-bond acceptors (Lipinski definition) is 4. The van der Waals surface area contributed by atoms with Crippen LogP contribution in [0, 0.1) is 0 Å². The van der Waals surface area contributed by atoms with Crippen molar-refractivity contribution in [2.45, 2.75) is 37.5 Å². The molecule has 4 rings (SSSR count). The van der Waals surface area contributed by atoms with Crippen LogP contribution in [0.25, 0.3) is 0 Å². The van der Waals surface area contributed by atoms with Gasteiger partial charge in [-0.05, 0) is 30.2 Å². The van der Waals surface area contributed by atoms with Crippen LogP contribution < -0.4 is 10.5 Å². The van der Waals surface area contributed by atoms with Crippen molar-refractivity contribution in [3.63, 3.8) is 0 Å². The van der Waals surface area contributed by atoms with E-state index in [9.17, 15) is 4.79 Å². The van der Waals surface area contributed by atoms with E-state index in [2.05, 4.69) is 0 Å². The van der Waals surface area contributed by atoms with E-state index in [-0.39, 0.29) is 5.91 Å². The van der Waals surface area contributed by atoms with E-state index in [1.54, 1.807) is 0 Å². The third-order valence-electron chi connectivity index (χ3n) is 5.52. The van der Waals surface area contributed by atoms with Gasteiger partial charge in [-0.2, -0.15) is 0 Å². The predicted molar refractivity (Wildman–Crippen MR) is 108 cm³/mol. The van der Waals surface area contributed by atoms with Gasteiger partial charge in [0.05, 0.1) is 25.8 Å². The third-order valence-corrected chi connectivity index (χ3v) is 5.76. The van der Waals surface area contributed by atoms with Crippen LogP contribution in [-0.4, -0.2) is 42.2 Å². The van der Waals surface area contributed by atoms with Crippen molar-refractivity contribution < 1.29 is 14.3 Å². The quantitative estimate of drug-likeness (QED) is 0.859. The van der Waals surface area contributed by atoms with Gasteiger partial charge in [-0.15, -0.1) is 0 Å². The highest BCUT2D eigenvalue weighted by Gasteiger charge is 2.41. The largest absolute Gasteiger partial charge is 0.485 e. The van der Waals surface area contributed by atoms with Crippen molar-refractivity contribution in [2.24, 2.45) is 5.73 Å². The van der Waals surface area contributed by atoms with E-state index in [0.717, 1.165) is 29.7 Å². The zero-order chi connectivity index (χ0) is 19.6. The van der Waals surface area contributed by atoms with Crippen molar-refractivity contribution in [2.75, 3.05) is 19.8 Å². The fourth-order valence-corrected chi connectivity index (χ4v) is 4.19. The number of carbonyl (C=O) groups is 1. The summed E-state index contributed by atoms with van der Waals surface area (Å²) >= 11 is 6.20. The van der Waals surface area contributed by atoms with Crippen LogP contribution in [0.15, 0.2) is 48.5 Å². The Labute approximate surface area is 170 Å². The van der Waals surface area contributed by atoms with Crippen LogP contribution in [-0.2, 0) is 22.5 Å². The summed E-state index contributed by atoms with van der Waals surface area (Å²) in [5, 5.41) is 0.631. The van der Waals surface area contributed by atoms with Crippen LogP contribution in [0.4, 0.5) is 0 Å². The highest BCUT2D eigenvalue weighted by Crippen LogP contribution is 2.36. The molecule has 2 aliphatic heterocycles. The van der Waals surface area contributed by atoms with Gasteiger partial charge in [0.25, 0.3) is 0 Å². The third kappa shape index (κ3) is 4.17. The summed E-state index contributed by atoms with van der Waals surface area (Å²) < 4.78 is 12.0. The number of ether oxygens (including phenoxy) is 2. The van der Waals surface area contributed by atoms with Gasteiger partial charge in [0, 0.05) is 30.0 Å². The molecule has 6 heteroatoms. The van der Waals surface area contributed by atoms with E-state index >= 15 is 0 Å². The van der Waals surface area contributed by atoms with E-state index in [4.69, 9.17) is 26.8 Å². The highest BCUT2D eigenvalue weighted by molar-refractivity contribution is 6.30. The molecule has 2 aliphatic rings. The second-order valence-electron chi connectivity index (χ2n) is 7.64. The van der Waals surface area contributed by atoms with E-state index in [1.807, 2.05) is 53.4 Å². The Morgan fingerprint density at radius 2 is 1.93 bits per heavy atom. The summed E-state index contributed by atoms with van der Waals surface area (Å²) in [6.07, 6.45) is 2.00. The first-order valence-electron chi connectivity index (χ1n) is 9.68. The van der Waals surface area contributed by atoms with Gasteiger partial charge in [0.1, 0.15) is 11.4 Å². The molecular weight excluding hydrogens is 376 g/mol. The molecular formula is C22H25ClN2O3. The van der Waals surface area contributed by atoms with Gasteiger partial charge < -0.3 is 20.1 Å². The zero-order valence-corrected chi connectivity index (χ0v) is 16.5. The maximum absolute atomic E-state index is 13.3. The molecule has 2 aromatic carbocycles. The molecule has 0 unspecified atom stereocenters. The minimum atomic E-state index is -0.597. The second-order valence-corrected chi connectivity index (χ2v) is 8.08. The Kier molecular flexibility index (Phi) is 5.58. The Morgan fingerprint density at radius 1 is 1.18 bits per heavy atom. The van der Waals surface area contributed by atoms with E-state index < -0.39 is 11.6 Å². The van der Waals surface area contributed by atoms with E-state index in [0.29, 0.717) is 37.7 Å². The van der Waals surface area contributed by atoms with Gasteiger partial charge in [0.15, 0.2) is 0 Å². The zero-order valence-electron chi connectivity index (χ0n) is 15.8. The van der Waals surface area contributed by atoms with Crippen LogP contribution in [0.5, 0.6) is 5.75 Å². The molecule has 2 aromatic rings. The van der Waals surface area contributed by atoms with Gasteiger partial charge >= 0.3 is 0 Å². The van der Waals surface area contributed by atoms with Crippen LogP contribution in [0.1, 0.15) is 24.0 Å². The first-order valence-corrected chi connectivity index (χ1v) is 10.1. The lowest BCUT2D eigenvalue weighted by atomic mass is 9.93. The molecule has 1 saturated heterocycles. The first-order chi connectivity index (χ1) is 13.5. The van der Waals surface area contributed by atoms with Gasteiger partial charge in [-0.25, -0.2) is 0 Å². The molecule has 0 bridgehead atoms. The fraction of sp³-hybridized carbons (Fsp3) is 0.409. The number of benzene rings is 2. The summed E-state index contributed by atoms with van der Waals surface area (Å²) in [6, 6.07) is 14.9. The maximum Gasteiger partial charge on any atom is 0.240 e. The summed E-state index contributed by atoms with van der Waals surface area (Å²) in [5.41, 5.74) is 7.84. The number of nitrogens with zero attached hydrogens (tertiary/aromatic N) is 1. The van der Waals surface area contributed by atoms with Crippen molar-refractivity contribution in [3.8, 4) is 5.75 Å². The molecule has 1 amide bonds. The van der Waals surface area contributed by atoms with Crippen LogP contribution in [0.2, 0.25) is 5.02 Å². The summed E-state index contributed by atoms with van der Waals surface area (Å²) in [5.74, 6) is 0.726. The summed E-state index contributed by atoms with van der Waals surface area (Å²) in [7, 11) is 0. The summed E-state index contributed by atoms with van der Waals surface area (Å²) in [6.45, 7) is 2.20. The monoisotopic (exact) mass is 400 g/mol. The van der Waals surface area contributed by atoms with Crippen molar-refractivity contribution in [1.82, 2.24) is 4.90 Å². The number of amides is 1. The molecule has 0 saturated carbocycles. The molecule has 1 spiro atoms. The number of fused-ring (bicyclic) bond motifs is 1. The SMILES string of the molecule is N[C@@H](Cc1ccccc1)C(=O)N1Cc2cc(Cl)ccc2OC2(CCOCC2)C1. The van der Waals surface area contributed by atoms with Gasteiger partial charge in [-0.1, -0.05) is 41.9 Å². The van der Waals surface area contributed by atoms with Crippen LogP contribution in [0.3, 0.4) is 0 Å². The standard InChI is InChI=1S/C22H25ClN2O3/c23-18-6-7-20-17(13-18)14-25(15-22(28-20)8-10-27-11-9-22)21(26)19(24)12-16-4-2-1-3-5-16/h1-7,13,19H,8-12,14-15,24H2/t19-/m0/s1. The van der Waals surface area contributed by atoms with Crippen LogP contribution >= 0.6 is 11.6 Å². The molecule has 2 heterocycles. The number of halogens is 1. The Bertz CT molecular complexity index is 837. The number of nitrogens with two attached hydrogens (primary N) is 1. The van der Waals surface area contributed by atoms with Crippen molar-refractivity contribution in [1.29, 1.82) is 0 Å². The molecule has 148 valence electrons. The average molecular weight is 401 g/mol. The number of rotatable bonds is 3. The highest BCUT2D eigenvalue weighted by atomic mass is 35.5. The summed E-state index contributed by atoms with van der Waals surface area (Å²) in [4.78, 5) is 15.1. The molecule has 0 aromatic heterocycles. The normalized spacial score (nSPS) is 19.4. The van der Waals surface area contributed by atoms with Gasteiger partial charge in [-0.3, -0.25) is 4.79 Å². The lowest BCUT2D eigenvalue weighted by Crippen LogP contribution is -2.54. The average Bonchev–Trinajstić information content (AvgIpc) is 2.85. The fourth-order valence-electron chi connectivity index (χ4n) is 4.00. The number of carbonyl (C=O) groups excluding carboxylic acids is 1. The minimum Gasteiger partial charge on any atom is -0.485 e. The van der Waals surface area contributed by atoms with Gasteiger partial charge in [0.2, 0.25) is 5.91 Å². The lowest BCUT2D eigenvalue weighted by molar-refractivity contribution is -0.137. The Balaban J connectivity index is 1.60. The molecule has 5 nitrogen and oxygen atoms in total. The Hall–Kier alpha value is -2.08. The maximum atomic E-state index is 13.3. The molecule has 0 aliphatic carbocycles. The molecule has 0 radical (unpaired) electrons. The molecule has 28 heavy (non-hydrogen) atoms. The lowest BCUT2D eigenvalue weighted by Gasteiger charge is -2.39. The van der Waals surface area contributed by atoms with Crippen molar-refractivity contribution >= 4 is 17.5 Å². The topological polar surface area (TPSA) is 64.8 Å². The molecule has 1 fully saturated rings. The van der Waals surface area contributed by atoms with E-state index in [1.165, 1.54) is 0 Å². The minimum absolute atomic E-state index is 0.0638.